The number of pyridine rings is 1. The van der Waals surface area contributed by atoms with Crippen molar-refractivity contribution in [3.05, 3.63) is 126 Å². The molecule has 1 aliphatic rings. The number of rotatable bonds is 13. The molecule has 5 rings (SSSR count). The zero-order valence-electron chi connectivity index (χ0n) is 23.6. The lowest BCUT2D eigenvalue weighted by Gasteiger charge is -2.16. The van der Waals surface area contributed by atoms with Gasteiger partial charge in [-0.3, -0.25) is 9.78 Å². The quantitative estimate of drug-likeness (QED) is 0.179. The minimum atomic E-state index is -4.26. The van der Waals surface area contributed by atoms with Crippen LogP contribution in [-0.4, -0.2) is 55.0 Å². The zero-order valence-corrected chi connectivity index (χ0v) is 26.0. The van der Waals surface area contributed by atoms with Gasteiger partial charge in [0.15, 0.2) is 0 Å². The normalized spacial score (nSPS) is 15.6. The molecule has 0 amide bonds. The number of aliphatic carboxylic acids is 1. The summed E-state index contributed by atoms with van der Waals surface area (Å²) < 4.78 is 82.0. The van der Waals surface area contributed by atoms with E-state index < -0.39 is 49.2 Å². The fourth-order valence-corrected chi connectivity index (χ4v) is 7.54. The van der Waals surface area contributed by atoms with Gasteiger partial charge in [-0.05, 0) is 83.3 Å². The standard InChI is InChI=1S/C29H24F2N6O6S3/c30-22-4-8-24(9-5-22)45(40,41)35-26(28(38)39)17-19-2-1-3-20(16-19)18-44-29-34-33-27(21-12-14-32-15-13-21)37(29)36-46(42,43)25-10-6-23(31)7-11-25/h1-16,26,29,35H,17-18H2,(H-,32,34,36,38,39)/p+1. The molecule has 0 saturated carbocycles. The van der Waals surface area contributed by atoms with Crippen molar-refractivity contribution in [1.29, 1.82) is 0 Å². The predicted molar refractivity (Wildman–Crippen MR) is 164 cm³/mol. The van der Waals surface area contributed by atoms with Crippen LogP contribution in [0.3, 0.4) is 0 Å². The van der Waals surface area contributed by atoms with Crippen molar-refractivity contribution in [2.75, 3.05) is 0 Å². The number of hydrazine groups is 1. The Morgan fingerprint density at radius 3 is 2.07 bits per heavy atom. The number of carboxylic acid groups (broad SMARTS) is 1. The minimum Gasteiger partial charge on any atom is -0.480 e. The molecule has 17 heteroatoms. The van der Waals surface area contributed by atoms with E-state index in [0.717, 1.165) is 48.5 Å². The van der Waals surface area contributed by atoms with Crippen molar-refractivity contribution < 1.29 is 40.2 Å². The lowest BCUT2D eigenvalue weighted by atomic mass is 10.0. The van der Waals surface area contributed by atoms with E-state index in [2.05, 4.69) is 24.8 Å². The number of nitrogens with one attached hydrogen (secondary N) is 2. The highest BCUT2D eigenvalue weighted by Gasteiger charge is 2.37. The summed E-state index contributed by atoms with van der Waals surface area (Å²) >= 11 is 1.21. The van der Waals surface area contributed by atoms with Crippen LogP contribution in [0.4, 0.5) is 8.78 Å². The molecule has 0 saturated heterocycles. The van der Waals surface area contributed by atoms with Crippen LogP contribution >= 0.6 is 11.8 Å². The van der Waals surface area contributed by atoms with Crippen molar-refractivity contribution >= 4 is 43.6 Å². The van der Waals surface area contributed by atoms with Crippen LogP contribution in [0.15, 0.2) is 117 Å². The average molecular weight is 688 g/mol. The summed E-state index contributed by atoms with van der Waals surface area (Å²) in [7, 11) is -8.43. The molecular weight excluding hydrogens is 663 g/mol. The molecule has 0 aliphatic carbocycles. The molecule has 3 N–H and O–H groups in total. The topological polar surface area (TPSA) is 170 Å². The van der Waals surface area contributed by atoms with E-state index in [4.69, 9.17) is 0 Å². The van der Waals surface area contributed by atoms with E-state index >= 15 is 0 Å². The Balaban J connectivity index is 1.33. The number of aromatic nitrogens is 1. The molecule has 2 unspecified atom stereocenters. The monoisotopic (exact) mass is 687 g/mol. The van der Waals surface area contributed by atoms with Crippen molar-refractivity contribution in [2.45, 2.75) is 33.5 Å². The largest absolute Gasteiger partial charge is 0.480 e. The fourth-order valence-electron chi connectivity index (χ4n) is 4.30. The van der Waals surface area contributed by atoms with Gasteiger partial charge >= 0.3 is 17.3 Å². The van der Waals surface area contributed by atoms with Crippen LogP contribution < -0.4 is 9.55 Å². The molecule has 2 atom stereocenters. The molecule has 4 aromatic rings. The summed E-state index contributed by atoms with van der Waals surface area (Å²) in [6.07, 6.45) is 2.84. The van der Waals surface area contributed by atoms with Gasteiger partial charge < -0.3 is 5.11 Å². The maximum atomic E-state index is 13.4. The molecule has 12 nitrogen and oxygen atoms in total. The highest BCUT2D eigenvalue weighted by molar-refractivity contribution is 7.99. The molecule has 0 spiro atoms. The van der Waals surface area contributed by atoms with E-state index in [9.17, 15) is 35.5 Å². The Bertz CT molecular complexity index is 2010. The van der Waals surface area contributed by atoms with Gasteiger partial charge in [-0.25, -0.2) is 17.2 Å². The summed E-state index contributed by atoms with van der Waals surface area (Å²) in [6.45, 7) is 0. The van der Waals surface area contributed by atoms with Gasteiger partial charge in [-0.1, -0.05) is 36.0 Å². The lowest BCUT2D eigenvalue weighted by Crippen LogP contribution is -2.42. The second-order valence-corrected chi connectivity index (χ2v) is 14.2. The SMILES string of the molecule is O=C(O)C(Cc1cccc(CSC2N=NC(c3ccncc3)=[N+]2NS(=O)(=O)c2ccc(F)cc2)c1)NS(=O)(=O)c1ccc(F)cc1. The number of nitrogens with zero attached hydrogens (tertiary/aromatic N) is 4. The first-order chi connectivity index (χ1) is 21.9. The summed E-state index contributed by atoms with van der Waals surface area (Å²) in [5.41, 5.74) is 0.894. The first kappa shape index (κ1) is 32.8. The molecule has 1 aliphatic heterocycles. The number of carboxylic acids is 1. The summed E-state index contributed by atoms with van der Waals surface area (Å²) in [5, 5.41) is 18.2. The molecule has 0 fully saturated rings. The van der Waals surface area contributed by atoms with Crippen molar-refractivity contribution in [2.24, 2.45) is 10.2 Å². The first-order valence-corrected chi connectivity index (χ1v) is 17.4. The van der Waals surface area contributed by atoms with Gasteiger partial charge in [-0.15, -0.1) is 9.52 Å². The van der Waals surface area contributed by atoms with E-state index in [0.29, 0.717) is 16.7 Å². The van der Waals surface area contributed by atoms with Crippen molar-refractivity contribution in [3.8, 4) is 0 Å². The van der Waals surface area contributed by atoms with E-state index in [1.54, 1.807) is 36.4 Å². The zero-order chi connectivity index (χ0) is 32.9. The third-order valence-electron chi connectivity index (χ3n) is 6.53. The number of hydrazone groups is 1. The molecule has 2 heterocycles. The summed E-state index contributed by atoms with van der Waals surface area (Å²) in [6, 6.07) is 16.8. The molecule has 46 heavy (non-hydrogen) atoms. The molecule has 3 aromatic carbocycles. The summed E-state index contributed by atoms with van der Waals surface area (Å²) in [5.74, 6) is -2.15. The maximum Gasteiger partial charge on any atom is 0.379 e. The molecular formula is C29H25F2N6O6S3+. The first-order valence-electron chi connectivity index (χ1n) is 13.4. The van der Waals surface area contributed by atoms with Crippen LogP contribution in [-0.2, 0) is 37.0 Å². The van der Waals surface area contributed by atoms with Gasteiger partial charge in [0, 0.05) is 18.1 Å². The minimum absolute atomic E-state index is 0.172. The third kappa shape index (κ3) is 7.97. The van der Waals surface area contributed by atoms with Gasteiger partial charge in [0.05, 0.1) is 20.5 Å². The van der Waals surface area contributed by atoms with Crippen LogP contribution in [0.5, 0.6) is 0 Å². The average Bonchev–Trinajstić information content (AvgIpc) is 3.42. The number of hydrogen-bond donors (Lipinski definition) is 3. The van der Waals surface area contributed by atoms with Gasteiger partial charge in [0.25, 0.3) is 10.0 Å². The number of carbonyl (C=O) groups is 1. The molecule has 0 radical (unpaired) electrons. The Kier molecular flexibility index (Phi) is 9.85. The van der Waals surface area contributed by atoms with Gasteiger partial charge in [0.1, 0.15) is 17.7 Å². The van der Waals surface area contributed by atoms with E-state index in [1.165, 1.54) is 28.8 Å². The number of halogens is 2. The number of azo groups is 1. The van der Waals surface area contributed by atoms with E-state index in [-0.39, 0.29) is 27.8 Å². The Labute approximate surface area is 267 Å². The number of hydrogen-bond acceptors (Lipinski definition) is 9. The van der Waals surface area contributed by atoms with Crippen LogP contribution in [0.25, 0.3) is 0 Å². The number of sulfonamides is 2. The molecule has 238 valence electrons. The Morgan fingerprint density at radius 1 is 0.870 bits per heavy atom. The van der Waals surface area contributed by atoms with Crippen molar-refractivity contribution in [1.82, 2.24) is 14.5 Å². The Hall–Kier alpha value is -4.58. The third-order valence-corrected chi connectivity index (χ3v) is 10.5. The molecule has 0 bridgehead atoms. The smallest absolute Gasteiger partial charge is 0.379 e. The van der Waals surface area contributed by atoms with E-state index in [1.807, 2.05) is 0 Å². The van der Waals surface area contributed by atoms with Gasteiger partial charge in [-0.2, -0.15) is 13.1 Å². The highest BCUT2D eigenvalue weighted by atomic mass is 32.2. The molecule has 1 aromatic heterocycles. The number of benzene rings is 3. The second kappa shape index (κ2) is 13.8. The lowest BCUT2D eigenvalue weighted by molar-refractivity contribution is -0.571. The second-order valence-electron chi connectivity index (χ2n) is 9.82. The number of amidine groups is 1. The Morgan fingerprint density at radius 2 is 1.46 bits per heavy atom. The summed E-state index contributed by atoms with van der Waals surface area (Å²) in [4.78, 5) is 18.0. The highest BCUT2D eigenvalue weighted by Crippen LogP contribution is 2.26. The number of thioether (sulfide) groups is 1. The predicted octanol–water partition coefficient (Wildman–Crippen LogP) is 3.67. The van der Waals surface area contributed by atoms with Crippen LogP contribution in [0.2, 0.25) is 0 Å². The van der Waals surface area contributed by atoms with Crippen LogP contribution in [0.1, 0.15) is 16.7 Å². The van der Waals surface area contributed by atoms with Gasteiger partial charge in [0.2, 0.25) is 10.0 Å². The van der Waals surface area contributed by atoms with Crippen molar-refractivity contribution in [3.63, 3.8) is 0 Å². The van der Waals surface area contributed by atoms with Crippen LogP contribution in [0, 0.1) is 11.6 Å². The fraction of sp³-hybridized carbons (Fsp3) is 0.138. The maximum absolute atomic E-state index is 13.4.